The summed E-state index contributed by atoms with van der Waals surface area (Å²) < 4.78 is 4.56. The molecule has 0 spiro atoms. The van der Waals surface area contributed by atoms with Gasteiger partial charge < -0.3 is 9.84 Å². The number of aryl methyl sites for hydroxylation is 1. The van der Waals surface area contributed by atoms with Gasteiger partial charge in [0.05, 0.1) is 5.56 Å². The molecule has 22 heavy (non-hydrogen) atoms. The molecule has 6 heteroatoms. The van der Waals surface area contributed by atoms with Crippen LogP contribution in [0.2, 0.25) is 0 Å². The van der Waals surface area contributed by atoms with E-state index in [4.69, 9.17) is 9.99 Å². The zero-order valence-electron chi connectivity index (χ0n) is 11.8. The molecular formula is C16H14O6. The summed E-state index contributed by atoms with van der Waals surface area (Å²) in [4.78, 5) is 32.0. The molecule has 0 heterocycles. The lowest BCUT2D eigenvalue weighted by Gasteiger charge is -2.15. The molecule has 0 aliphatic carbocycles. The van der Waals surface area contributed by atoms with Gasteiger partial charge in [-0.1, -0.05) is 48.0 Å². The molecule has 0 amide bonds. The third-order valence-corrected chi connectivity index (χ3v) is 2.78. The number of rotatable bonds is 5. The summed E-state index contributed by atoms with van der Waals surface area (Å²) in [7, 11) is 0. The van der Waals surface area contributed by atoms with Crippen LogP contribution < -0.4 is 0 Å². The summed E-state index contributed by atoms with van der Waals surface area (Å²) in [6, 6.07) is 14.9. The second kappa shape index (κ2) is 7.24. The monoisotopic (exact) mass is 302 g/mol. The molecule has 1 unspecified atom stereocenters. The number of hydrogen-bond acceptors (Lipinski definition) is 5. The molecule has 0 aromatic heterocycles. The molecule has 6 nitrogen and oxygen atoms in total. The molecule has 2 rings (SSSR count). The lowest BCUT2D eigenvalue weighted by molar-refractivity contribution is -0.332. The van der Waals surface area contributed by atoms with Crippen LogP contribution in [0.1, 0.15) is 27.8 Å². The molecule has 0 saturated carbocycles. The van der Waals surface area contributed by atoms with E-state index in [1.807, 2.05) is 6.92 Å². The molecule has 1 atom stereocenters. The average molecular weight is 302 g/mol. The van der Waals surface area contributed by atoms with Crippen molar-refractivity contribution in [3.8, 4) is 0 Å². The number of benzene rings is 2. The van der Waals surface area contributed by atoms with Crippen molar-refractivity contribution < 1.29 is 29.2 Å². The number of carboxylic acid groups (broad SMARTS) is 1. The topological polar surface area (TPSA) is 82.1 Å². The van der Waals surface area contributed by atoms with Gasteiger partial charge in [0.1, 0.15) is 0 Å². The van der Waals surface area contributed by atoms with Crippen LogP contribution in [0, 0.1) is 6.92 Å². The Labute approximate surface area is 126 Å². The molecule has 0 aliphatic rings. The largest absolute Gasteiger partial charge is 0.508 e. The number of hydrogen-bond donors (Lipinski definition) is 1. The fourth-order valence-corrected chi connectivity index (χ4v) is 1.67. The predicted molar refractivity (Wildman–Crippen MR) is 76.0 cm³/mol. The van der Waals surface area contributed by atoms with Crippen molar-refractivity contribution >= 4 is 12.1 Å². The molecular weight excluding hydrogens is 288 g/mol. The Kier molecular flexibility index (Phi) is 5.11. The molecule has 114 valence electrons. The smallest absolute Gasteiger partial charge is 0.450 e. The second-order valence-corrected chi connectivity index (χ2v) is 4.46. The van der Waals surface area contributed by atoms with E-state index in [0.29, 0.717) is 5.56 Å². The Morgan fingerprint density at radius 2 is 1.64 bits per heavy atom. The lowest BCUT2D eigenvalue weighted by atomic mass is 10.2. The number of carbonyl (C=O) groups excluding carboxylic acids is 1. The Balaban J connectivity index is 2.03. The maximum absolute atomic E-state index is 11.8. The predicted octanol–water partition coefficient (Wildman–Crippen LogP) is 3.48. The summed E-state index contributed by atoms with van der Waals surface area (Å²) in [5.74, 6) is -0.741. The van der Waals surface area contributed by atoms with Crippen LogP contribution in [-0.4, -0.2) is 17.2 Å². The fourth-order valence-electron chi connectivity index (χ4n) is 1.67. The SMILES string of the molecule is Cc1ccc(C(=O)OOC(OC(=O)O)c2ccccc2)cc1. The van der Waals surface area contributed by atoms with Crippen LogP contribution in [-0.2, 0) is 14.5 Å². The van der Waals surface area contributed by atoms with Crippen molar-refractivity contribution in [2.45, 2.75) is 13.2 Å². The van der Waals surface area contributed by atoms with E-state index in [-0.39, 0.29) is 5.56 Å². The molecule has 2 aromatic rings. The fraction of sp³-hybridized carbons (Fsp3) is 0.125. The highest BCUT2D eigenvalue weighted by Gasteiger charge is 2.20. The van der Waals surface area contributed by atoms with E-state index in [2.05, 4.69) is 9.62 Å². The molecule has 0 aliphatic heterocycles. The molecule has 0 fully saturated rings. The Morgan fingerprint density at radius 3 is 2.23 bits per heavy atom. The normalized spacial score (nSPS) is 11.5. The Bertz CT molecular complexity index is 635. The maximum atomic E-state index is 11.8. The Morgan fingerprint density at radius 1 is 1.00 bits per heavy atom. The van der Waals surface area contributed by atoms with Crippen LogP contribution in [0.5, 0.6) is 0 Å². The zero-order valence-corrected chi connectivity index (χ0v) is 11.8. The van der Waals surface area contributed by atoms with Crippen molar-refractivity contribution in [1.82, 2.24) is 0 Å². The van der Waals surface area contributed by atoms with Crippen molar-refractivity contribution in [3.63, 3.8) is 0 Å². The van der Waals surface area contributed by atoms with Crippen LogP contribution in [0.3, 0.4) is 0 Å². The van der Waals surface area contributed by atoms with E-state index >= 15 is 0 Å². The van der Waals surface area contributed by atoms with Gasteiger partial charge in [0.2, 0.25) is 0 Å². The summed E-state index contributed by atoms with van der Waals surface area (Å²) in [5, 5.41) is 8.72. The number of carbonyl (C=O) groups is 2. The quantitative estimate of drug-likeness (QED) is 0.394. The summed E-state index contributed by atoms with van der Waals surface area (Å²) in [5.41, 5.74) is 1.68. The molecule has 0 bridgehead atoms. The van der Waals surface area contributed by atoms with Crippen molar-refractivity contribution in [2.24, 2.45) is 0 Å². The second-order valence-electron chi connectivity index (χ2n) is 4.46. The average Bonchev–Trinajstić information content (AvgIpc) is 2.52. The highest BCUT2D eigenvalue weighted by molar-refractivity contribution is 5.88. The van der Waals surface area contributed by atoms with Gasteiger partial charge in [0, 0.05) is 5.56 Å². The standard InChI is InChI=1S/C16H14O6/c1-11-7-9-12(10-8-11)14(17)21-22-15(20-16(18)19)13-5-3-2-4-6-13/h2-10,15H,1H3,(H,18,19). The number of ether oxygens (including phenoxy) is 1. The lowest BCUT2D eigenvalue weighted by Crippen LogP contribution is -2.16. The summed E-state index contributed by atoms with van der Waals surface area (Å²) in [6.07, 6.45) is -2.90. The van der Waals surface area contributed by atoms with Crippen LogP contribution >= 0.6 is 0 Å². The van der Waals surface area contributed by atoms with Gasteiger partial charge in [-0.25, -0.2) is 9.59 Å². The maximum Gasteiger partial charge on any atom is 0.508 e. The van der Waals surface area contributed by atoms with E-state index < -0.39 is 18.4 Å². The molecule has 0 radical (unpaired) electrons. The Hall–Kier alpha value is -2.86. The van der Waals surface area contributed by atoms with E-state index in [0.717, 1.165) is 5.56 Å². The molecule has 0 saturated heterocycles. The van der Waals surface area contributed by atoms with Gasteiger partial charge in [0.15, 0.2) is 0 Å². The van der Waals surface area contributed by atoms with E-state index in [1.54, 1.807) is 54.6 Å². The highest BCUT2D eigenvalue weighted by Crippen LogP contribution is 2.20. The summed E-state index contributed by atoms with van der Waals surface area (Å²) >= 11 is 0. The van der Waals surface area contributed by atoms with Gasteiger partial charge in [-0.2, -0.15) is 0 Å². The van der Waals surface area contributed by atoms with Crippen molar-refractivity contribution in [1.29, 1.82) is 0 Å². The first-order valence-electron chi connectivity index (χ1n) is 6.45. The van der Waals surface area contributed by atoms with E-state index in [1.165, 1.54) is 0 Å². The first kappa shape index (κ1) is 15.5. The minimum atomic E-state index is -1.54. The van der Waals surface area contributed by atoms with Gasteiger partial charge in [-0.15, -0.1) is 4.89 Å². The van der Waals surface area contributed by atoms with Gasteiger partial charge in [-0.3, -0.25) is 4.89 Å². The zero-order chi connectivity index (χ0) is 15.9. The molecule has 2 aromatic carbocycles. The van der Waals surface area contributed by atoms with Crippen LogP contribution in [0.4, 0.5) is 4.79 Å². The summed E-state index contributed by atoms with van der Waals surface area (Å²) in [6.45, 7) is 1.89. The van der Waals surface area contributed by atoms with Crippen molar-refractivity contribution in [3.05, 3.63) is 71.3 Å². The van der Waals surface area contributed by atoms with Crippen LogP contribution in [0.15, 0.2) is 54.6 Å². The van der Waals surface area contributed by atoms with Gasteiger partial charge >= 0.3 is 12.1 Å². The van der Waals surface area contributed by atoms with Crippen LogP contribution in [0.25, 0.3) is 0 Å². The van der Waals surface area contributed by atoms with Crippen molar-refractivity contribution in [2.75, 3.05) is 0 Å². The minimum Gasteiger partial charge on any atom is -0.450 e. The minimum absolute atomic E-state index is 0.285. The molecule has 1 N–H and O–H groups in total. The third kappa shape index (κ3) is 4.32. The third-order valence-electron chi connectivity index (χ3n) is 2.78. The van der Waals surface area contributed by atoms with Gasteiger partial charge in [-0.05, 0) is 19.1 Å². The van der Waals surface area contributed by atoms with E-state index in [9.17, 15) is 9.59 Å². The van der Waals surface area contributed by atoms with Gasteiger partial charge in [0.25, 0.3) is 6.29 Å². The first-order chi connectivity index (χ1) is 10.6. The first-order valence-corrected chi connectivity index (χ1v) is 6.45. The highest BCUT2D eigenvalue weighted by atomic mass is 17.2.